The largest absolute Gasteiger partial charge is 0.497 e. The van der Waals surface area contributed by atoms with Gasteiger partial charge in [-0.25, -0.2) is 0 Å². The van der Waals surface area contributed by atoms with Gasteiger partial charge in [0.1, 0.15) is 11.5 Å². The molecular weight excluding hydrogens is 358 g/mol. The molecule has 1 saturated carbocycles. The molecule has 0 N–H and O–H groups in total. The first-order valence-corrected chi connectivity index (χ1v) is 11.3. The number of hydrogen-bond acceptors (Lipinski definition) is 3. The van der Waals surface area contributed by atoms with Gasteiger partial charge in [-0.1, -0.05) is 31.0 Å². The summed E-state index contributed by atoms with van der Waals surface area (Å²) in [6.07, 6.45) is 9.16. The molecule has 154 valence electrons. The van der Waals surface area contributed by atoms with E-state index in [4.69, 9.17) is 9.47 Å². The average Bonchev–Trinajstić information content (AvgIpc) is 2.78. The average molecular weight is 392 g/mol. The quantitative estimate of drug-likeness (QED) is 0.715. The van der Waals surface area contributed by atoms with E-state index < -0.39 is 0 Å². The standard InChI is InChI=1S/C26H33NO2/c1-28-21-9-6-19(7-10-21)12-15-27-16-14-26-13-4-3-5-23(26)25(27)17-20-8-11-22(29-2)18-24(20)26/h6-11,18,23,25H,3-5,12-17H2,1-2H3/t23-,25-,26+/m0/s1. The minimum Gasteiger partial charge on any atom is -0.497 e. The molecule has 2 aliphatic carbocycles. The van der Waals surface area contributed by atoms with Gasteiger partial charge in [0.2, 0.25) is 0 Å². The number of methoxy groups -OCH3 is 2. The van der Waals surface area contributed by atoms with Gasteiger partial charge in [0.05, 0.1) is 14.2 Å². The lowest BCUT2D eigenvalue weighted by Crippen LogP contribution is -2.61. The lowest BCUT2D eigenvalue weighted by atomic mass is 9.52. The molecule has 1 saturated heterocycles. The summed E-state index contributed by atoms with van der Waals surface area (Å²) in [6.45, 7) is 2.39. The number of benzene rings is 2. The summed E-state index contributed by atoms with van der Waals surface area (Å²) >= 11 is 0. The van der Waals surface area contributed by atoms with Crippen LogP contribution in [-0.4, -0.2) is 38.3 Å². The van der Waals surface area contributed by atoms with E-state index in [2.05, 4.69) is 47.4 Å². The summed E-state index contributed by atoms with van der Waals surface area (Å²) < 4.78 is 10.9. The molecule has 1 heterocycles. The highest BCUT2D eigenvalue weighted by molar-refractivity contribution is 5.45. The lowest BCUT2D eigenvalue weighted by Gasteiger charge is -2.59. The van der Waals surface area contributed by atoms with E-state index in [1.165, 1.54) is 50.6 Å². The second kappa shape index (κ2) is 7.68. The normalized spacial score (nSPS) is 28.3. The fraction of sp³-hybridized carbons (Fsp3) is 0.538. The van der Waals surface area contributed by atoms with E-state index in [0.29, 0.717) is 11.5 Å². The zero-order valence-electron chi connectivity index (χ0n) is 17.8. The molecule has 0 radical (unpaired) electrons. The Balaban J connectivity index is 1.39. The van der Waals surface area contributed by atoms with Crippen molar-refractivity contribution in [1.82, 2.24) is 4.90 Å². The number of rotatable bonds is 5. The first-order chi connectivity index (χ1) is 14.2. The van der Waals surface area contributed by atoms with Crippen LogP contribution in [0, 0.1) is 5.92 Å². The van der Waals surface area contributed by atoms with Gasteiger partial charge >= 0.3 is 0 Å². The minimum absolute atomic E-state index is 0.391. The van der Waals surface area contributed by atoms with Crippen molar-refractivity contribution < 1.29 is 9.47 Å². The van der Waals surface area contributed by atoms with Crippen molar-refractivity contribution in [3.8, 4) is 11.5 Å². The molecule has 29 heavy (non-hydrogen) atoms. The second-order valence-corrected chi connectivity index (χ2v) is 9.19. The third-order valence-corrected chi connectivity index (χ3v) is 8.01. The van der Waals surface area contributed by atoms with E-state index in [0.717, 1.165) is 30.4 Å². The summed E-state index contributed by atoms with van der Waals surface area (Å²) in [6, 6.07) is 16.2. The van der Waals surface area contributed by atoms with Crippen molar-refractivity contribution in [3.05, 3.63) is 59.2 Å². The van der Waals surface area contributed by atoms with Crippen molar-refractivity contribution >= 4 is 0 Å². The predicted molar refractivity (Wildman–Crippen MR) is 117 cm³/mol. The van der Waals surface area contributed by atoms with Crippen molar-refractivity contribution in [1.29, 1.82) is 0 Å². The van der Waals surface area contributed by atoms with Crippen LogP contribution in [0.4, 0.5) is 0 Å². The molecule has 2 aromatic carbocycles. The lowest BCUT2D eigenvalue weighted by molar-refractivity contribution is -0.0106. The highest BCUT2D eigenvalue weighted by Crippen LogP contribution is 2.56. The van der Waals surface area contributed by atoms with Crippen LogP contribution in [0.15, 0.2) is 42.5 Å². The Morgan fingerprint density at radius 3 is 2.55 bits per heavy atom. The molecule has 0 spiro atoms. The van der Waals surface area contributed by atoms with E-state index in [9.17, 15) is 0 Å². The Labute approximate surface area is 175 Å². The Morgan fingerprint density at radius 1 is 0.966 bits per heavy atom. The minimum atomic E-state index is 0.391. The van der Waals surface area contributed by atoms with Crippen LogP contribution in [0.1, 0.15) is 48.8 Å². The number of piperidine rings is 1. The summed E-state index contributed by atoms with van der Waals surface area (Å²) in [5.74, 6) is 2.78. The maximum Gasteiger partial charge on any atom is 0.119 e. The summed E-state index contributed by atoms with van der Waals surface area (Å²) in [4.78, 5) is 2.81. The highest BCUT2D eigenvalue weighted by Gasteiger charge is 2.53. The van der Waals surface area contributed by atoms with Gasteiger partial charge in [0.25, 0.3) is 0 Å². The molecule has 3 aliphatic rings. The monoisotopic (exact) mass is 391 g/mol. The molecule has 5 rings (SSSR count). The van der Waals surface area contributed by atoms with Crippen molar-refractivity contribution in [3.63, 3.8) is 0 Å². The van der Waals surface area contributed by atoms with Gasteiger partial charge in [-0.2, -0.15) is 0 Å². The van der Waals surface area contributed by atoms with Crippen LogP contribution < -0.4 is 9.47 Å². The Morgan fingerprint density at radius 2 is 1.76 bits per heavy atom. The molecular formula is C26H33NO2. The first kappa shape index (κ1) is 19.0. The number of nitrogens with zero attached hydrogens (tertiary/aromatic N) is 1. The van der Waals surface area contributed by atoms with Gasteiger partial charge in [-0.05, 0) is 85.5 Å². The number of ether oxygens (including phenoxy) is 2. The predicted octanol–water partition coefficient (Wildman–Crippen LogP) is 5.00. The van der Waals surface area contributed by atoms with Crippen LogP contribution in [0.3, 0.4) is 0 Å². The van der Waals surface area contributed by atoms with E-state index >= 15 is 0 Å². The Bertz CT molecular complexity index is 862. The molecule has 2 fully saturated rings. The van der Waals surface area contributed by atoms with Gasteiger partial charge in [0.15, 0.2) is 0 Å². The third-order valence-electron chi connectivity index (χ3n) is 8.01. The number of fused-ring (bicyclic) bond motifs is 1. The molecule has 1 aliphatic heterocycles. The second-order valence-electron chi connectivity index (χ2n) is 9.19. The molecule has 0 unspecified atom stereocenters. The van der Waals surface area contributed by atoms with E-state index in [1.54, 1.807) is 25.3 Å². The topological polar surface area (TPSA) is 21.7 Å². The molecule has 0 aromatic heterocycles. The molecule has 2 bridgehead atoms. The van der Waals surface area contributed by atoms with Crippen LogP contribution in [-0.2, 0) is 18.3 Å². The Kier molecular flexibility index (Phi) is 5.03. The number of hydrogen-bond donors (Lipinski definition) is 0. The van der Waals surface area contributed by atoms with Crippen LogP contribution in [0.2, 0.25) is 0 Å². The third kappa shape index (κ3) is 3.24. The highest BCUT2D eigenvalue weighted by atomic mass is 16.5. The maximum atomic E-state index is 5.60. The first-order valence-electron chi connectivity index (χ1n) is 11.3. The summed E-state index contributed by atoms with van der Waals surface area (Å²) in [7, 11) is 3.53. The zero-order valence-corrected chi connectivity index (χ0v) is 17.8. The van der Waals surface area contributed by atoms with Crippen LogP contribution >= 0.6 is 0 Å². The fourth-order valence-corrected chi connectivity index (χ4v) is 6.53. The Hall–Kier alpha value is -2.00. The fourth-order valence-electron chi connectivity index (χ4n) is 6.53. The van der Waals surface area contributed by atoms with Crippen LogP contribution in [0.5, 0.6) is 11.5 Å². The zero-order chi connectivity index (χ0) is 19.8. The summed E-state index contributed by atoms with van der Waals surface area (Å²) in [5.41, 5.74) is 4.99. The van der Waals surface area contributed by atoms with Crippen molar-refractivity contribution in [2.75, 3.05) is 27.3 Å². The summed E-state index contributed by atoms with van der Waals surface area (Å²) in [5, 5.41) is 0. The molecule has 2 aromatic rings. The molecule has 0 amide bonds. The maximum absolute atomic E-state index is 5.60. The smallest absolute Gasteiger partial charge is 0.119 e. The van der Waals surface area contributed by atoms with Gasteiger partial charge in [0, 0.05) is 18.0 Å². The van der Waals surface area contributed by atoms with Gasteiger partial charge in [-0.3, -0.25) is 4.90 Å². The number of likely N-dealkylation sites (tertiary alicyclic amines) is 1. The van der Waals surface area contributed by atoms with Gasteiger partial charge in [-0.15, -0.1) is 0 Å². The van der Waals surface area contributed by atoms with Crippen molar-refractivity contribution in [2.24, 2.45) is 5.92 Å². The van der Waals surface area contributed by atoms with Crippen molar-refractivity contribution in [2.45, 2.75) is 56.4 Å². The van der Waals surface area contributed by atoms with Crippen LogP contribution in [0.25, 0.3) is 0 Å². The SMILES string of the molecule is COc1ccc(CCN2CC[C@]34CCCC[C@H]3[C@@H]2Cc2ccc(OC)cc24)cc1. The van der Waals surface area contributed by atoms with E-state index in [-0.39, 0.29) is 0 Å². The molecule has 3 nitrogen and oxygen atoms in total. The molecule has 3 atom stereocenters. The van der Waals surface area contributed by atoms with Gasteiger partial charge < -0.3 is 9.47 Å². The molecule has 3 heteroatoms. The van der Waals surface area contributed by atoms with E-state index in [1.807, 2.05) is 0 Å².